The van der Waals surface area contributed by atoms with E-state index in [9.17, 15) is 19.2 Å². The smallest absolute Gasteiger partial charge is 0.407 e. The van der Waals surface area contributed by atoms with Gasteiger partial charge in [0.05, 0.1) is 14.2 Å². The van der Waals surface area contributed by atoms with Crippen LogP contribution in [0.4, 0.5) is 9.59 Å². The molecule has 0 rings (SSSR count). The van der Waals surface area contributed by atoms with Crippen LogP contribution in [0.15, 0.2) is 0 Å². The van der Waals surface area contributed by atoms with Gasteiger partial charge in [-0.3, -0.25) is 0 Å². The summed E-state index contributed by atoms with van der Waals surface area (Å²) in [6, 6.07) is -1.75. The Morgan fingerprint density at radius 1 is 0.913 bits per heavy atom. The molecule has 0 unspecified atom stereocenters. The minimum absolute atomic E-state index is 0.165. The summed E-state index contributed by atoms with van der Waals surface area (Å²) < 4.78 is 8.49. The summed E-state index contributed by atoms with van der Waals surface area (Å²) in [6.45, 7) is 5.07. The second-order valence-corrected chi connectivity index (χ2v) is 4.63. The molecule has 2 atom stereocenters. The van der Waals surface area contributed by atoms with Crippen LogP contribution in [0, 0.1) is 5.92 Å². The van der Waals surface area contributed by atoms with Gasteiger partial charge in [-0.25, -0.2) is 19.2 Å². The van der Waals surface area contributed by atoms with Crippen molar-refractivity contribution in [2.45, 2.75) is 39.3 Å². The van der Waals surface area contributed by atoms with Crippen LogP contribution in [0.25, 0.3) is 0 Å². The average molecular weight is 336 g/mol. The van der Waals surface area contributed by atoms with Gasteiger partial charge in [-0.2, -0.15) is 0 Å². The van der Waals surface area contributed by atoms with Gasteiger partial charge in [0.2, 0.25) is 0 Å². The van der Waals surface area contributed by atoms with E-state index in [1.165, 1.54) is 14.2 Å². The van der Waals surface area contributed by atoms with Gasteiger partial charge in [-0.15, -0.1) is 0 Å². The molecule has 0 aliphatic rings. The maximum absolute atomic E-state index is 10.6. The SMILES string of the molecule is CC[C@H](NC(=O)OC)C(=O)O.COC(=O)N[C@H](C(=O)O)C(C)C. The number of rotatable bonds is 6. The first kappa shape index (κ1) is 22.8. The van der Waals surface area contributed by atoms with Gasteiger partial charge in [0, 0.05) is 0 Å². The molecule has 0 aromatic carbocycles. The quantitative estimate of drug-likeness (QED) is 0.552. The first-order valence-corrected chi connectivity index (χ1v) is 6.75. The minimum Gasteiger partial charge on any atom is -0.480 e. The molecule has 10 heteroatoms. The number of ether oxygens (including phenoxy) is 2. The molecule has 23 heavy (non-hydrogen) atoms. The molecule has 0 aliphatic carbocycles. The largest absolute Gasteiger partial charge is 0.480 e. The number of carboxylic acid groups (broad SMARTS) is 2. The Balaban J connectivity index is 0. The molecule has 0 bridgehead atoms. The van der Waals surface area contributed by atoms with Crippen LogP contribution in [0.5, 0.6) is 0 Å². The van der Waals surface area contributed by atoms with Gasteiger partial charge < -0.3 is 30.3 Å². The van der Waals surface area contributed by atoms with E-state index >= 15 is 0 Å². The maximum atomic E-state index is 10.6. The summed E-state index contributed by atoms with van der Waals surface area (Å²) in [5.41, 5.74) is 0. The Kier molecular flexibility index (Phi) is 11.9. The molecule has 0 saturated carbocycles. The van der Waals surface area contributed by atoms with Gasteiger partial charge in [-0.1, -0.05) is 20.8 Å². The Morgan fingerprint density at radius 2 is 1.35 bits per heavy atom. The van der Waals surface area contributed by atoms with E-state index < -0.39 is 36.2 Å². The highest BCUT2D eigenvalue weighted by atomic mass is 16.5. The van der Waals surface area contributed by atoms with E-state index in [0.29, 0.717) is 6.42 Å². The van der Waals surface area contributed by atoms with Crippen LogP contribution >= 0.6 is 0 Å². The predicted molar refractivity (Wildman–Crippen MR) is 79.1 cm³/mol. The topological polar surface area (TPSA) is 151 Å². The van der Waals surface area contributed by atoms with Crippen LogP contribution in [-0.4, -0.2) is 60.6 Å². The summed E-state index contributed by atoms with van der Waals surface area (Å²) in [5, 5.41) is 21.4. The van der Waals surface area contributed by atoms with Gasteiger partial charge in [0.1, 0.15) is 12.1 Å². The van der Waals surface area contributed by atoms with Crippen molar-refractivity contribution in [1.29, 1.82) is 0 Å². The number of hydrogen-bond donors (Lipinski definition) is 4. The minimum atomic E-state index is -1.06. The fourth-order valence-corrected chi connectivity index (χ4v) is 1.24. The molecule has 0 aromatic heterocycles. The first-order chi connectivity index (χ1) is 10.6. The molecular weight excluding hydrogens is 312 g/mol. The van der Waals surface area contributed by atoms with Crippen LogP contribution in [0.2, 0.25) is 0 Å². The van der Waals surface area contributed by atoms with Crippen LogP contribution in [-0.2, 0) is 19.1 Å². The van der Waals surface area contributed by atoms with Gasteiger partial charge in [0.15, 0.2) is 0 Å². The summed E-state index contributed by atoms with van der Waals surface area (Å²) in [4.78, 5) is 42.0. The van der Waals surface area contributed by atoms with Gasteiger partial charge >= 0.3 is 24.1 Å². The van der Waals surface area contributed by atoms with E-state index in [-0.39, 0.29) is 5.92 Å². The molecule has 0 aliphatic heterocycles. The fourth-order valence-electron chi connectivity index (χ4n) is 1.24. The van der Waals surface area contributed by atoms with Gasteiger partial charge in [0.25, 0.3) is 0 Å². The van der Waals surface area contributed by atoms with Crippen molar-refractivity contribution in [3.05, 3.63) is 0 Å². The zero-order chi connectivity index (χ0) is 18.6. The molecule has 0 fully saturated rings. The summed E-state index contributed by atoms with van der Waals surface area (Å²) in [5.74, 6) is -2.28. The average Bonchev–Trinajstić information content (AvgIpc) is 2.49. The number of nitrogens with one attached hydrogen (secondary N) is 2. The molecule has 0 saturated heterocycles. The molecule has 0 spiro atoms. The molecule has 0 heterocycles. The first-order valence-electron chi connectivity index (χ1n) is 6.75. The zero-order valence-electron chi connectivity index (χ0n) is 13.8. The van der Waals surface area contributed by atoms with Crippen LogP contribution < -0.4 is 10.6 Å². The molecule has 0 radical (unpaired) electrons. The number of hydrogen-bond acceptors (Lipinski definition) is 6. The summed E-state index contributed by atoms with van der Waals surface area (Å²) in [7, 11) is 2.37. The van der Waals surface area contributed by atoms with Crippen molar-refractivity contribution in [3.63, 3.8) is 0 Å². The standard InChI is InChI=1S/C7H13NO4.C6H11NO4/c1-4(2)5(6(9)10)8-7(11)12-3;1-3-4(5(8)9)7-6(10)11-2/h4-5H,1-3H3,(H,8,11)(H,9,10);4H,3H2,1-2H3,(H,7,10)(H,8,9)/t5-;4-/m00/s1. The van der Waals surface area contributed by atoms with Crippen molar-refractivity contribution in [2.24, 2.45) is 5.92 Å². The number of aliphatic carboxylic acids is 2. The molecular formula is C13H24N2O8. The summed E-state index contributed by atoms with van der Waals surface area (Å²) >= 11 is 0. The number of carbonyl (C=O) groups is 4. The van der Waals surface area contributed by atoms with E-state index in [1.807, 2.05) is 0 Å². The maximum Gasteiger partial charge on any atom is 0.407 e. The molecule has 10 nitrogen and oxygen atoms in total. The number of carboxylic acids is 2. The van der Waals surface area contributed by atoms with Crippen LogP contribution in [0.1, 0.15) is 27.2 Å². The normalized spacial score (nSPS) is 12.1. The Hall–Kier alpha value is -2.52. The van der Waals surface area contributed by atoms with E-state index in [0.717, 1.165) is 0 Å². The lowest BCUT2D eigenvalue weighted by Crippen LogP contribution is -2.44. The molecule has 2 amide bonds. The van der Waals surface area contributed by atoms with Crippen LogP contribution in [0.3, 0.4) is 0 Å². The lowest BCUT2D eigenvalue weighted by molar-refractivity contribution is -0.141. The second-order valence-electron chi connectivity index (χ2n) is 4.63. The predicted octanol–water partition coefficient (Wildman–Crippen LogP) is 0.657. The number of methoxy groups -OCH3 is 2. The van der Waals surface area contributed by atoms with Crippen molar-refractivity contribution in [3.8, 4) is 0 Å². The highest BCUT2D eigenvalue weighted by molar-refractivity contribution is 5.80. The fraction of sp³-hybridized carbons (Fsp3) is 0.692. The lowest BCUT2D eigenvalue weighted by Gasteiger charge is -2.16. The summed E-state index contributed by atoms with van der Waals surface area (Å²) in [6.07, 6.45) is -1.11. The third-order valence-corrected chi connectivity index (χ3v) is 2.58. The number of amides is 2. The molecule has 134 valence electrons. The molecule has 4 N–H and O–H groups in total. The highest BCUT2D eigenvalue weighted by Crippen LogP contribution is 2.01. The lowest BCUT2D eigenvalue weighted by atomic mass is 10.1. The number of carbonyl (C=O) groups excluding carboxylic acids is 2. The van der Waals surface area contributed by atoms with E-state index in [2.05, 4.69) is 20.1 Å². The third-order valence-electron chi connectivity index (χ3n) is 2.58. The van der Waals surface area contributed by atoms with Gasteiger partial charge in [-0.05, 0) is 12.3 Å². The third kappa shape index (κ3) is 10.8. The monoisotopic (exact) mass is 336 g/mol. The Labute approximate surface area is 134 Å². The van der Waals surface area contributed by atoms with Crippen molar-refractivity contribution in [1.82, 2.24) is 10.6 Å². The zero-order valence-corrected chi connectivity index (χ0v) is 13.8. The Bertz CT molecular complexity index is 411. The van der Waals surface area contributed by atoms with E-state index in [1.54, 1.807) is 20.8 Å². The Morgan fingerprint density at radius 3 is 1.61 bits per heavy atom. The number of alkyl carbamates (subject to hydrolysis) is 2. The van der Waals surface area contributed by atoms with Crippen molar-refractivity contribution >= 4 is 24.1 Å². The second kappa shape index (κ2) is 12.1. The van der Waals surface area contributed by atoms with Crippen molar-refractivity contribution in [2.75, 3.05) is 14.2 Å². The van der Waals surface area contributed by atoms with E-state index in [4.69, 9.17) is 10.2 Å². The van der Waals surface area contributed by atoms with Crippen molar-refractivity contribution < 1.29 is 38.9 Å². The highest BCUT2D eigenvalue weighted by Gasteiger charge is 2.23. The molecule has 0 aromatic rings.